The van der Waals surface area contributed by atoms with Crippen LogP contribution in [-0.2, 0) is 81.7 Å². The fourth-order valence-electron chi connectivity index (χ4n) is 13.3. The zero-order chi connectivity index (χ0) is 79.2. The van der Waals surface area contributed by atoms with Crippen LogP contribution in [-0.4, -0.2) is 148 Å². The quantitative estimate of drug-likeness (QED) is 0.0140. The molecule has 3 N–H and O–H groups in total. The van der Waals surface area contributed by atoms with Crippen molar-refractivity contribution < 1.29 is 75.5 Å². The van der Waals surface area contributed by atoms with Crippen molar-refractivity contribution in [1.29, 1.82) is 5.26 Å². The number of benzene rings is 7. The van der Waals surface area contributed by atoms with Crippen LogP contribution in [0.4, 0.5) is 16.4 Å². The number of hydrogen-bond donors (Lipinski definition) is 3. The highest BCUT2D eigenvalue weighted by Crippen LogP contribution is 2.47. The van der Waals surface area contributed by atoms with Gasteiger partial charge < -0.3 is 72.4 Å². The Morgan fingerprint density at radius 2 is 1.38 bits per heavy atom. The van der Waals surface area contributed by atoms with E-state index in [1.165, 1.54) is 41.3 Å². The van der Waals surface area contributed by atoms with Crippen LogP contribution >= 0.6 is 8.60 Å². The minimum atomic E-state index is -2.47. The molecule has 0 spiro atoms. The molecular formula is C84H86N11O17P. The van der Waals surface area contributed by atoms with Crippen molar-refractivity contribution >= 4 is 67.0 Å². The second kappa shape index (κ2) is 38.8. The predicted molar refractivity (Wildman–Crippen MR) is 417 cm³/mol. The van der Waals surface area contributed by atoms with Crippen molar-refractivity contribution in [2.45, 2.75) is 114 Å². The van der Waals surface area contributed by atoms with Crippen LogP contribution in [0.2, 0.25) is 0 Å². The van der Waals surface area contributed by atoms with Gasteiger partial charge in [0.25, 0.3) is 5.91 Å². The Morgan fingerprint density at radius 1 is 0.726 bits per heavy atom. The molecule has 113 heavy (non-hydrogen) atoms. The molecule has 3 unspecified atom stereocenters. The Bertz CT molecular complexity index is 4940. The second-order valence-electron chi connectivity index (χ2n) is 26.9. The lowest BCUT2D eigenvalue weighted by Gasteiger charge is -2.38. The van der Waals surface area contributed by atoms with Gasteiger partial charge in [0.15, 0.2) is 17.0 Å². The van der Waals surface area contributed by atoms with Gasteiger partial charge in [-0.2, -0.15) is 10.2 Å². The molecule has 10 aromatic rings. The van der Waals surface area contributed by atoms with Gasteiger partial charge in [-0.1, -0.05) is 146 Å². The predicted octanol–water partition coefficient (Wildman–Crippen LogP) is 12.3. The number of aromatic nitrogens is 6. The zero-order valence-corrected chi connectivity index (χ0v) is 63.9. The maximum Gasteiger partial charge on any atom is 0.409 e. The number of ketones is 1. The number of anilines is 2. The maximum atomic E-state index is 13.9. The van der Waals surface area contributed by atoms with Crippen LogP contribution in [0, 0.1) is 11.3 Å². The Balaban J connectivity index is 0.745. The summed E-state index contributed by atoms with van der Waals surface area (Å²) in [4.78, 5) is 112. The third-order valence-electron chi connectivity index (χ3n) is 19.2. The number of carbonyl (C=O) groups excluding carboxylic acids is 6. The van der Waals surface area contributed by atoms with Crippen molar-refractivity contribution in [2.75, 3.05) is 64.9 Å². The van der Waals surface area contributed by atoms with E-state index < -0.39 is 74.4 Å². The number of Topliss-reactive ketones (excluding diaryl/α,β-unsaturated/α-hetero) is 1. The van der Waals surface area contributed by atoms with Gasteiger partial charge in [0.05, 0.1) is 71.8 Å². The van der Waals surface area contributed by atoms with E-state index in [-0.39, 0.29) is 126 Å². The van der Waals surface area contributed by atoms with Gasteiger partial charge in [-0.15, -0.1) is 0 Å². The molecule has 29 heteroatoms. The first kappa shape index (κ1) is 80.6. The van der Waals surface area contributed by atoms with Gasteiger partial charge in [-0.25, -0.2) is 24.5 Å². The molecule has 2 aliphatic rings. The molecule has 0 saturated carbocycles. The van der Waals surface area contributed by atoms with Crippen LogP contribution in [0.3, 0.4) is 0 Å². The monoisotopic (exact) mass is 1550 g/mol. The normalized spacial score (nSPS) is 15.2. The summed E-state index contributed by atoms with van der Waals surface area (Å²) in [7, 11) is 2.29. The fraction of sp³-hybridized carbons (Fsp3) is 0.310. The van der Waals surface area contributed by atoms with Crippen LogP contribution in [0.1, 0.15) is 114 Å². The average molecular weight is 1550 g/mol. The molecule has 6 atom stereocenters. The van der Waals surface area contributed by atoms with Gasteiger partial charge in [-0.3, -0.25) is 28.3 Å². The number of fused-ring (bicyclic) bond motifs is 4. The molecule has 584 valence electrons. The van der Waals surface area contributed by atoms with E-state index in [2.05, 4.69) is 54.1 Å². The number of nitrogens with one attached hydrogen (secondary N) is 3. The third kappa shape index (κ3) is 20.6. The first-order valence-electron chi connectivity index (χ1n) is 36.8. The van der Waals surface area contributed by atoms with Crippen LogP contribution in [0.5, 0.6) is 11.5 Å². The van der Waals surface area contributed by atoms with Gasteiger partial charge in [0.2, 0.25) is 11.8 Å². The maximum absolute atomic E-state index is 13.9. The van der Waals surface area contributed by atoms with E-state index in [1.54, 1.807) is 57.0 Å². The number of nitrogens with zero attached hydrogens (tertiary/aromatic N) is 8. The number of nitriles is 1. The van der Waals surface area contributed by atoms with Gasteiger partial charge in [0, 0.05) is 57.1 Å². The van der Waals surface area contributed by atoms with Gasteiger partial charge in [-0.05, 0) is 113 Å². The Labute approximate surface area is 653 Å². The molecule has 3 aromatic heterocycles. The Hall–Kier alpha value is -11.9. The summed E-state index contributed by atoms with van der Waals surface area (Å²) < 4.78 is 66.0. The molecule has 1 fully saturated rings. The van der Waals surface area contributed by atoms with Gasteiger partial charge >= 0.3 is 26.4 Å². The minimum Gasteiger partial charge on any atom is -0.497 e. The molecule has 0 bridgehead atoms. The first-order valence-corrected chi connectivity index (χ1v) is 37.9. The Kier molecular flexibility index (Phi) is 27.7. The number of carbonyl (C=O) groups is 6. The standard InChI is InChI=1S/C84H86N11O17P/c1-55(96)27-40-77(99)111-70-47-76(95-44-41-73(91-82(95)101)90-74(97)26-16-43-93(3)83(102)105-49-69-67-24-14-12-22-65(67)66-23-13-15-25-68(66)69)110-72(70)51-109-113(108-45-17-42-85)112-56(2)71(50-107-84(60-20-10-7-11-21-60,61-32-36-63(103-4)37-33-61)62-34-38-64(104-5)39-35-62)106-54-94-53-89-78-79(87-52-88-80(78)94)92-81(100)59-30-28-58(29-31-59)48-86-75(98)46-57-18-8-6-9-19-57/h6-15,18-25,28-39,41,44,52-53,56,69-72,76H,16-17,26-27,40,43,45-51,54H2,1-5H3,(H,86,98)(H,87,88,92,100)(H,90,91,97,101)/t56?,70?,71-,72-,76-,113?/m1/s1. The average Bonchev–Trinajstić information content (AvgIpc) is 1.08. The number of imidazole rings is 1. The van der Waals surface area contributed by atoms with E-state index in [0.717, 1.165) is 38.9 Å². The number of amides is 4. The van der Waals surface area contributed by atoms with E-state index in [4.69, 9.17) is 46.7 Å². The summed E-state index contributed by atoms with van der Waals surface area (Å²) in [5, 5.41) is 18.2. The highest BCUT2D eigenvalue weighted by atomic mass is 31.2. The molecule has 1 aliphatic carbocycles. The first-order chi connectivity index (χ1) is 55.0. The number of methoxy groups -OCH3 is 2. The summed E-state index contributed by atoms with van der Waals surface area (Å²) >= 11 is 0. The highest BCUT2D eigenvalue weighted by Gasteiger charge is 2.43. The number of ether oxygens (including phenoxy) is 7. The van der Waals surface area contributed by atoms with Crippen molar-refractivity contribution in [2.24, 2.45) is 0 Å². The summed E-state index contributed by atoms with van der Waals surface area (Å²) in [6.45, 7) is 2.73. The molecule has 4 heterocycles. The lowest BCUT2D eigenvalue weighted by Crippen LogP contribution is -2.40. The molecular weight excluding hydrogens is 1470 g/mol. The smallest absolute Gasteiger partial charge is 0.409 e. The fourth-order valence-corrected chi connectivity index (χ4v) is 14.4. The minimum absolute atomic E-state index is 0.0171. The largest absolute Gasteiger partial charge is 0.497 e. The SMILES string of the molecule is COc1ccc(C(OC[C@@H](OCn2cnc3c(NC(=O)c4ccc(CNC(=O)Cc5ccccc5)cc4)ncnc32)C(C)OP(OCCC#N)OC[C@H]2O[C@@H](n3ccc(NC(=O)CCCN(C)C(=O)OCC4c5ccccc5-c5ccccc54)nc3=O)CC2OC(=O)CCC(C)=O)(c2ccccc2)c2ccc(OC)cc2)cc1. The molecule has 4 amide bonds. The Morgan fingerprint density at radius 3 is 2.04 bits per heavy atom. The zero-order valence-electron chi connectivity index (χ0n) is 63.0. The summed E-state index contributed by atoms with van der Waals surface area (Å²) in [6.07, 6.45) is -1.67. The van der Waals surface area contributed by atoms with Crippen LogP contribution < -0.4 is 31.1 Å². The topological polar surface area (TPSA) is 336 Å². The van der Waals surface area contributed by atoms with E-state index in [1.807, 2.05) is 146 Å². The molecule has 1 aliphatic heterocycles. The van der Waals surface area contributed by atoms with Crippen molar-refractivity contribution in [3.63, 3.8) is 0 Å². The van der Waals surface area contributed by atoms with Crippen molar-refractivity contribution in [1.82, 2.24) is 39.3 Å². The third-order valence-corrected chi connectivity index (χ3v) is 20.5. The van der Waals surface area contributed by atoms with E-state index in [9.17, 15) is 38.8 Å². The summed E-state index contributed by atoms with van der Waals surface area (Å²) in [5.41, 5.74) is 6.94. The number of esters is 1. The lowest BCUT2D eigenvalue weighted by atomic mass is 9.80. The van der Waals surface area contributed by atoms with Crippen LogP contribution in [0.25, 0.3) is 22.3 Å². The molecule has 0 radical (unpaired) electrons. The summed E-state index contributed by atoms with van der Waals surface area (Å²) in [5.74, 6) is -0.844. The van der Waals surface area contributed by atoms with E-state index >= 15 is 0 Å². The van der Waals surface area contributed by atoms with Crippen LogP contribution in [0.15, 0.2) is 212 Å². The van der Waals surface area contributed by atoms with Crippen molar-refractivity contribution in [3.05, 3.63) is 262 Å². The molecule has 28 nitrogen and oxygen atoms in total. The lowest BCUT2D eigenvalue weighted by molar-refractivity contribution is -0.153. The highest BCUT2D eigenvalue weighted by molar-refractivity contribution is 7.41. The summed E-state index contributed by atoms with van der Waals surface area (Å²) in [6, 6.07) is 60.4. The molecule has 12 rings (SSSR count). The molecule has 1 saturated heterocycles. The van der Waals surface area contributed by atoms with E-state index in [0.29, 0.717) is 33.8 Å². The molecule has 7 aromatic carbocycles. The number of hydrogen-bond acceptors (Lipinski definition) is 22. The second-order valence-corrected chi connectivity index (χ2v) is 28.1. The number of rotatable bonds is 38. The van der Waals surface area contributed by atoms with Gasteiger partial charge in [0.1, 0.15) is 72.9 Å². The van der Waals surface area contributed by atoms with Crippen molar-refractivity contribution in [3.8, 4) is 28.7 Å².